The molecule has 4 nitrogen and oxygen atoms in total. The van der Waals surface area contributed by atoms with Gasteiger partial charge in [0.05, 0.1) is 0 Å². The highest BCUT2D eigenvalue weighted by atomic mass is 35.5. The highest BCUT2D eigenvalue weighted by Crippen LogP contribution is 2.25. The van der Waals surface area contributed by atoms with Crippen LogP contribution in [0, 0.1) is 6.92 Å². The molecular weight excluding hydrogens is 503 g/mol. The topological polar surface area (TPSA) is 49.4 Å². The van der Waals surface area contributed by atoms with Crippen LogP contribution in [0.2, 0.25) is 10.0 Å². The molecule has 0 aromatic heterocycles. The third kappa shape index (κ3) is 7.83. The second-order valence-corrected chi connectivity index (χ2v) is 10.8. The monoisotopic (exact) mass is 536 g/mol. The maximum atomic E-state index is 13.8. The van der Waals surface area contributed by atoms with E-state index in [1.165, 1.54) is 5.56 Å². The predicted molar refractivity (Wildman–Crippen MR) is 151 cm³/mol. The van der Waals surface area contributed by atoms with E-state index in [-0.39, 0.29) is 24.4 Å². The van der Waals surface area contributed by atoms with Crippen molar-refractivity contribution in [3.8, 4) is 0 Å². The van der Waals surface area contributed by atoms with E-state index in [0.717, 1.165) is 42.4 Å². The quantitative estimate of drug-likeness (QED) is 0.305. The van der Waals surface area contributed by atoms with E-state index in [1.54, 1.807) is 17.0 Å². The molecule has 0 spiro atoms. The number of rotatable bonds is 10. The third-order valence-corrected chi connectivity index (χ3v) is 7.66. The molecule has 0 heterocycles. The lowest BCUT2D eigenvalue weighted by atomic mass is 10.0. The molecule has 1 aliphatic rings. The second kappa shape index (κ2) is 13.1. The molecular formula is C31H34Cl2N2O2. The van der Waals surface area contributed by atoms with E-state index in [1.807, 2.05) is 43.3 Å². The lowest BCUT2D eigenvalue weighted by molar-refractivity contribution is -0.141. The zero-order chi connectivity index (χ0) is 26.2. The summed E-state index contributed by atoms with van der Waals surface area (Å²) in [6.07, 6.45) is 5.54. The van der Waals surface area contributed by atoms with Crippen LogP contribution in [0.15, 0.2) is 72.8 Å². The van der Waals surface area contributed by atoms with Crippen molar-refractivity contribution in [2.24, 2.45) is 0 Å². The number of halogens is 2. The van der Waals surface area contributed by atoms with Crippen LogP contribution in [-0.4, -0.2) is 28.8 Å². The molecule has 1 aliphatic carbocycles. The summed E-state index contributed by atoms with van der Waals surface area (Å²) in [6.45, 7) is 2.28. The summed E-state index contributed by atoms with van der Waals surface area (Å²) in [5, 5.41) is 4.26. The number of aryl methyl sites for hydroxylation is 2. The summed E-state index contributed by atoms with van der Waals surface area (Å²) in [6, 6.07) is 22.9. The van der Waals surface area contributed by atoms with E-state index in [0.29, 0.717) is 29.3 Å². The van der Waals surface area contributed by atoms with E-state index in [4.69, 9.17) is 23.2 Å². The minimum Gasteiger partial charge on any atom is -0.352 e. The maximum Gasteiger partial charge on any atom is 0.243 e. The number of carbonyl (C=O) groups excluding carboxylic acids is 2. The van der Waals surface area contributed by atoms with Gasteiger partial charge in [-0.05, 0) is 55.0 Å². The average Bonchev–Trinajstić information content (AvgIpc) is 3.40. The summed E-state index contributed by atoms with van der Waals surface area (Å²) in [5.74, 6) is -0.182. The van der Waals surface area contributed by atoms with Gasteiger partial charge in [-0.1, -0.05) is 102 Å². The molecule has 1 fully saturated rings. The van der Waals surface area contributed by atoms with Gasteiger partial charge in [0.1, 0.15) is 6.04 Å². The first-order valence-electron chi connectivity index (χ1n) is 13.0. The normalized spacial score (nSPS) is 14.4. The molecule has 0 aliphatic heterocycles. The smallest absolute Gasteiger partial charge is 0.243 e. The van der Waals surface area contributed by atoms with Gasteiger partial charge in [-0.2, -0.15) is 0 Å². The van der Waals surface area contributed by atoms with Crippen molar-refractivity contribution in [1.82, 2.24) is 10.2 Å². The van der Waals surface area contributed by atoms with Crippen LogP contribution < -0.4 is 5.32 Å². The molecule has 0 saturated heterocycles. The Labute approximate surface area is 230 Å². The Hall–Kier alpha value is -2.82. The first-order valence-corrected chi connectivity index (χ1v) is 13.8. The number of hydrogen-bond acceptors (Lipinski definition) is 2. The minimum absolute atomic E-state index is 0.0749. The number of amides is 2. The van der Waals surface area contributed by atoms with Crippen molar-refractivity contribution in [3.05, 3.63) is 105 Å². The van der Waals surface area contributed by atoms with Gasteiger partial charge >= 0.3 is 0 Å². The van der Waals surface area contributed by atoms with Crippen molar-refractivity contribution in [3.63, 3.8) is 0 Å². The fraction of sp³-hybridized carbons (Fsp3) is 0.355. The average molecular weight is 538 g/mol. The van der Waals surface area contributed by atoms with Crippen molar-refractivity contribution in [2.75, 3.05) is 0 Å². The van der Waals surface area contributed by atoms with Gasteiger partial charge < -0.3 is 10.2 Å². The van der Waals surface area contributed by atoms with Crippen molar-refractivity contribution in [1.29, 1.82) is 0 Å². The van der Waals surface area contributed by atoms with Gasteiger partial charge in [0.25, 0.3) is 0 Å². The van der Waals surface area contributed by atoms with Crippen LogP contribution in [0.5, 0.6) is 0 Å². The van der Waals surface area contributed by atoms with Crippen LogP contribution in [0.4, 0.5) is 0 Å². The standard InChI is InChI=1S/C31H34Cl2N2O2/c1-22-11-13-23(14-12-22)15-18-30(36)35(21-25-16-17-26(32)20-28(25)33)29(19-24-7-3-2-4-8-24)31(37)34-27-9-5-6-10-27/h2-4,7-8,11-14,16-17,20,27,29H,5-6,9-10,15,18-19,21H2,1H3,(H,34,37). The Balaban J connectivity index is 1.63. The summed E-state index contributed by atoms with van der Waals surface area (Å²) in [5.41, 5.74) is 4.05. The first-order chi connectivity index (χ1) is 17.9. The van der Waals surface area contributed by atoms with Crippen LogP contribution in [0.25, 0.3) is 0 Å². The fourth-order valence-corrected chi connectivity index (χ4v) is 5.37. The minimum atomic E-state index is -0.653. The lowest BCUT2D eigenvalue weighted by Gasteiger charge is -2.32. The summed E-state index contributed by atoms with van der Waals surface area (Å²) in [7, 11) is 0. The molecule has 194 valence electrons. The van der Waals surface area contributed by atoms with E-state index < -0.39 is 6.04 Å². The van der Waals surface area contributed by atoms with Gasteiger partial charge in [0.2, 0.25) is 11.8 Å². The first kappa shape index (κ1) is 27.2. The van der Waals surface area contributed by atoms with Gasteiger partial charge in [0.15, 0.2) is 0 Å². The zero-order valence-corrected chi connectivity index (χ0v) is 22.8. The summed E-state index contributed by atoms with van der Waals surface area (Å²) < 4.78 is 0. The Morgan fingerprint density at radius 1 is 0.946 bits per heavy atom. The van der Waals surface area contributed by atoms with Gasteiger partial charge in [-0.15, -0.1) is 0 Å². The molecule has 1 atom stereocenters. The van der Waals surface area contributed by atoms with Gasteiger partial charge in [-0.3, -0.25) is 9.59 Å². The number of carbonyl (C=O) groups is 2. The van der Waals surface area contributed by atoms with Crippen molar-refractivity contribution in [2.45, 2.75) is 70.5 Å². The highest BCUT2D eigenvalue weighted by Gasteiger charge is 2.32. The number of nitrogens with zero attached hydrogens (tertiary/aromatic N) is 1. The Kier molecular flexibility index (Phi) is 9.65. The number of hydrogen-bond donors (Lipinski definition) is 1. The van der Waals surface area contributed by atoms with Crippen LogP contribution in [-0.2, 0) is 29.0 Å². The van der Waals surface area contributed by atoms with Crippen molar-refractivity contribution >= 4 is 35.0 Å². The summed E-state index contributed by atoms with van der Waals surface area (Å²) in [4.78, 5) is 29.3. The number of nitrogens with one attached hydrogen (secondary N) is 1. The molecule has 3 aromatic rings. The molecule has 0 radical (unpaired) electrons. The Bertz CT molecular complexity index is 1190. The molecule has 3 aromatic carbocycles. The van der Waals surface area contributed by atoms with Crippen LogP contribution >= 0.6 is 23.2 Å². The molecule has 2 amide bonds. The molecule has 37 heavy (non-hydrogen) atoms. The largest absolute Gasteiger partial charge is 0.352 e. The van der Waals surface area contributed by atoms with Crippen molar-refractivity contribution < 1.29 is 9.59 Å². The molecule has 1 N–H and O–H groups in total. The number of benzene rings is 3. The lowest BCUT2D eigenvalue weighted by Crippen LogP contribution is -2.52. The second-order valence-electron chi connectivity index (χ2n) is 9.94. The maximum absolute atomic E-state index is 13.8. The molecule has 1 saturated carbocycles. The molecule has 6 heteroatoms. The van der Waals surface area contributed by atoms with E-state index in [9.17, 15) is 9.59 Å². The highest BCUT2D eigenvalue weighted by molar-refractivity contribution is 6.35. The predicted octanol–water partition coefficient (Wildman–Crippen LogP) is 6.93. The Morgan fingerprint density at radius 3 is 2.32 bits per heavy atom. The SMILES string of the molecule is Cc1ccc(CCC(=O)N(Cc2ccc(Cl)cc2Cl)C(Cc2ccccc2)C(=O)NC2CCCC2)cc1. The van der Waals surface area contributed by atoms with E-state index in [2.05, 4.69) is 29.6 Å². The molecule has 4 rings (SSSR count). The van der Waals surface area contributed by atoms with Crippen LogP contribution in [0.3, 0.4) is 0 Å². The van der Waals surface area contributed by atoms with E-state index >= 15 is 0 Å². The Morgan fingerprint density at radius 2 is 1.65 bits per heavy atom. The zero-order valence-electron chi connectivity index (χ0n) is 21.3. The van der Waals surface area contributed by atoms with Gasteiger partial charge in [-0.25, -0.2) is 0 Å². The van der Waals surface area contributed by atoms with Crippen LogP contribution in [0.1, 0.15) is 54.4 Å². The summed E-state index contributed by atoms with van der Waals surface area (Å²) >= 11 is 12.7. The fourth-order valence-electron chi connectivity index (χ4n) is 4.90. The molecule has 1 unspecified atom stereocenters. The third-order valence-electron chi connectivity index (χ3n) is 7.08. The molecule has 0 bridgehead atoms. The van der Waals surface area contributed by atoms with Gasteiger partial charge in [0, 0.05) is 35.5 Å².